The van der Waals surface area contributed by atoms with Crippen LogP contribution in [0.25, 0.3) is 0 Å². The normalized spacial score (nSPS) is 21.0. The summed E-state index contributed by atoms with van der Waals surface area (Å²) in [6, 6.07) is 6.97. The summed E-state index contributed by atoms with van der Waals surface area (Å²) in [7, 11) is 0. The predicted octanol–water partition coefficient (Wildman–Crippen LogP) is 2.30. The summed E-state index contributed by atoms with van der Waals surface area (Å²) in [5, 5.41) is 3.56. The summed E-state index contributed by atoms with van der Waals surface area (Å²) >= 11 is 0. The van der Waals surface area contributed by atoms with E-state index in [0.717, 1.165) is 26.3 Å². The number of ether oxygens (including phenoxy) is 1. The Morgan fingerprint density at radius 1 is 1.24 bits per heavy atom. The quantitative estimate of drug-likeness (QED) is 0.858. The number of aryl methyl sites for hydroxylation is 2. The zero-order valence-electron chi connectivity index (χ0n) is 10.6. The van der Waals surface area contributed by atoms with E-state index >= 15 is 0 Å². The highest BCUT2D eigenvalue weighted by molar-refractivity contribution is 5.35. The second-order valence-corrected chi connectivity index (χ2v) is 5.86. The van der Waals surface area contributed by atoms with Gasteiger partial charge in [-0.05, 0) is 36.0 Å². The molecule has 1 heterocycles. The first kappa shape index (κ1) is 11.2. The molecule has 2 aliphatic rings. The third-order valence-electron chi connectivity index (χ3n) is 3.94. The average Bonchev–Trinajstić information content (AvgIpc) is 2.74. The Morgan fingerprint density at radius 2 is 2.06 bits per heavy atom. The fraction of sp³-hybridized carbons (Fsp3) is 0.600. The molecule has 1 aliphatic heterocycles. The van der Waals surface area contributed by atoms with Gasteiger partial charge in [0.05, 0.1) is 13.2 Å². The molecule has 92 valence electrons. The molecule has 1 aromatic rings. The number of hydrogen-bond acceptors (Lipinski definition) is 2. The first-order valence-electron chi connectivity index (χ1n) is 6.64. The standard InChI is InChI=1S/C15H21NO/c1-15(10-17-11-15)9-16-8-12-5-6-13-3-2-4-14(13)7-12/h5-7,16H,2-4,8-11H2,1H3. The molecule has 0 saturated carbocycles. The fourth-order valence-electron chi connectivity index (χ4n) is 2.80. The highest BCUT2D eigenvalue weighted by atomic mass is 16.5. The van der Waals surface area contributed by atoms with Crippen molar-refractivity contribution >= 4 is 0 Å². The molecule has 3 rings (SSSR count). The minimum atomic E-state index is 0.372. The van der Waals surface area contributed by atoms with Crippen LogP contribution < -0.4 is 5.32 Å². The second-order valence-electron chi connectivity index (χ2n) is 5.86. The van der Waals surface area contributed by atoms with Crippen molar-refractivity contribution in [2.24, 2.45) is 5.41 Å². The van der Waals surface area contributed by atoms with E-state index in [2.05, 4.69) is 30.4 Å². The molecule has 0 spiro atoms. The number of benzene rings is 1. The van der Waals surface area contributed by atoms with Crippen molar-refractivity contribution in [2.45, 2.75) is 32.7 Å². The summed E-state index contributed by atoms with van der Waals surface area (Å²) in [6.45, 7) is 6.15. The first-order chi connectivity index (χ1) is 8.25. The molecule has 0 atom stereocenters. The summed E-state index contributed by atoms with van der Waals surface area (Å²) in [5.74, 6) is 0. The van der Waals surface area contributed by atoms with Gasteiger partial charge in [-0.1, -0.05) is 25.1 Å². The molecule has 17 heavy (non-hydrogen) atoms. The summed E-state index contributed by atoms with van der Waals surface area (Å²) in [6.07, 6.45) is 3.88. The van der Waals surface area contributed by atoms with Crippen LogP contribution >= 0.6 is 0 Å². The molecule has 1 aliphatic carbocycles. The van der Waals surface area contributed by atoms with Gasteiger partial charge in [0.25, 0.3) is 0 Å². The van der Waals surface area contributed by atoms with Crippen LogP contribution in [0, 0.1) is 5.41 Å². The van der Waals surface area contributed by atoms with Crippen molar-refractivity contribution in [1.82, 2.24) is 5.32 Å². The topological polar surface area (TPSA) is 21.3 Å². The third-order valence-corrected chi connectivity index (χ3v) is 3.94. The van der Waals surface area contributed by atoms with Crippen LogP contribution in [0.5, 0.6) is 0 Å². The van der Waals surface area contributed by atoms with E-state index in [-0.39, 0.29) is 0 Å². The van der Waals surface area contributed by atoms with Gasteiger partial charge in [-0.3, -0.25) is 0 Å². The Bertz CT molecular complexity index is 409. The van der Waals surface area contributed by atoms with Gasteiger partial charge in [0.2, 0.25) is 0 Å². The average molecular weight is 231 g/mol. The molecule has 0 amide bonds. The number of hydrogen-bond donors (Lipinski definition) is 1. The number of rotatable bonds is 4. The van der Waals surface area contributed by atoms with Gasteiger partial charge in [-0.25, -0.2) is 0 Å². The van der Waals surface area contributed by atoms with Crippen LogP contribution in [0.1, 0.15) is 30.0 Å². The summed E-state index contributed by atoms with van der Waals surface area (Å²) < 4.78 is 5.26. The van der Waals surface area contributed by atoms with Crippen LogP contribution in [-0.4, -0.2) is 19.8 Å². The molecule has 0 unspecified atom stereocenters. The lowest BCUT2D eigenvalue weighted by Gasteiger charge is -2.38. The van der Waals surface area contributed by atoms with Gasteiger partial charge < -0.3 is 10.1 Å². The van der Waals surface area contributed by atoms with Crippen molar-refractivity contribution in [3.05, 3.63) is 34.9 Å². The smallest absolute Gasteiger partial charge is 0.0554 e. The van der Waals surface area contributed by atoms with Crippen molar-refractivity contribution in [3.8, 4) is 0 Å². The Labute approximate surface area is 103 Å². The molecule has 2 nitrogen and oxygen atoms in total. The zero-order chi connectivity index (χ0) is 11.7. The van der Waals surface area contributed by atoms with E-state index in [0.29, 0.717) is 5.41 Å². The molecule has 0 bridgehead atoms. The van der Waals surface area contributed by atoms with Crippen LogP contribution in [0.2, 0.25) is 0 Å². The predicted molar refractivity (Wildman–Crippen MR) is 69.1 cm³/mol. The first-order valence-corrected chi connectivity index (χ1v) is 6.64. The van der Waals surface area contributed by atoms with E-state index in [1.54, 1.807) is 11.1 Å². The lowest BCUT2D eigenvalue weighted by Crippen LogP contribution is -2.47. The van der Waals surface area contributed by atoms with Crippen molar-refractivity contribution < 1.29 is 4.74 Å². The maximum absolute atomic E-state index is 5.26. The molecule has 0 aromatic heterocycles. The number of nitrogens with one attached hydrogen (secondary N) is 1. The maximum atomic E-state index is 5.26. The van der Waals surface area contributed by atoms with E-state index in [4.69, 9.17) is 4.74 Å². The SMILES string of the molecule is CC1(CNCc2ccc3c(c2)CCC3)COC1. The number of fused-ring (bicyclic) bond motifs is 1. The summed E-state index contributed by atoms with van der Waals surface area (Å²) in [5.41, 5.74) is 4.93. The second kappa shape index (κ2) is 4.43. The van der Waals surface area contributed by atoms with Crippen molar-refractivity contribution in [3.63, 3.8) is 0 Å². The van der Waals surface area contributed by atoms with Gasteiger partial charge in [0, 0.05) is 18.5 Å². The van der Waals surface area contributed by atoms with Gasteiger partial charge in [-0.15, -0.1) is 0 Å². The van der Waals surface area contributed by atoms with Crippen LogP contribution in [0.15, 0.2) is 18.2 Å². The Balaban J connectivity index is 1.54. The molecular formula is C15H21NO. The highest BCUT2D eigenvalue weighted by Gasteiger charge is 2.32. The molecule has 2 heteroatoms. The van der Waals surface area contributed by atoms with Gasteiger partial charge in [0.1, 0.15) is 0 Å². The highest BCUT2D eigenvalue weighted by Crippen LogP contribution is 2.26. The summed E-state index contributed by atoms with van der Waals surface area (Å²) in [4.78, 5) is 0. The monoisotopic (exact) mass is 231 g/mol. The minimum absolute atomic E-state index is 0.372. The van der Waals surface area contributed by atoms with E-state index < -0.39 is 0 Å². The van der Waals surface area contributed by atoms with Gasteiger partial charge >= 0.3 is 0 Å². The van der Waals surface area contributed by atoms with Gasteiger partial charge in [-0.2, -0.15) is 0 Å². The Morgan fingerprint density at radius 3 is 2.82 bits per heavy atom. The molecule has 1 saturated heterocycles. The van der Waals surface area contributed by atoms with E-state index in [1.807, 2.05) is 0 Å². The fourth-order valence-corrected chi connectivity index (χ4v) is 2.80. The molecule has 0 radical (unpaired) electrons. The third kappa shape index (κ3) is 2.38. The molecule has 1 aromatic carbocycles. The molecule has 1 fully saturated rings. The van der Waals surface area contributed by atoms with Crippen LogP contribution in [0.4, 0.5) is 0 Å². The van der Waals surface area contributed by atoms with Crippen LogP contribution in [-0.2, 0) is 24.1 Å². The van der Waals surface area contributed by atoms with Gasteiger partial charge in [0.15, 0.2) is 0 Å². The van der Waals surface area contributed by atoms with Crippen molar-refractivity contribution in [2.75, 3.05) is 19.8 Å². The van der Waals surface area contributed by atoms with E-state index in [1.165, 1.54) is 24.8 Å². The zero-order valence-corrected chi connectivity index (χ0v) is 10.6. The van der Waals surface area contributed by atoms with Crippen molar-refractivity contribution in [1.29, 1.82) is 0 Å². The minimum Gasteiger partial charge on any atom is -0.380 e. The molecular weight excluding hydrogens is 210 g/mol. The Hall–Kier alpha value is -0.860. The lowest BCUT2D eigenvalue weighted by atomic mass is 9.89. The van der Waals surface area contributed by atoms with E-state index in [9.17, 15) is 0 Å². The maximum Gasteiger partial charge on any atom is 0.0554 e. The Kier molecular flexibility index (Phi) is 2.93. The van der Waals surface area contributed by atoms with Crippen LogP contribution in [0.3, 0.4) is 0 Å². The lowest BCUT2D eigenvalue weighted by molar-refractivity contribution is -0.0991. The largest absolute Gasteiger partial charge is 0.380 e. The molecule has 1 N–H and O–H groups in total.